The van der Waals surface area contributed by atoms with Gasteiger partial charge in [-0.3, -0.25) is 4.79 Å². The molecule has 0 unspecified atom stereocenters. The molecular formula is C20H23NO2S. The van der Waals surface area contributed by atoms with Gasteiger partial charge in [-0.05, 0) is 29.7 Å². The van der Waals surface area contributed by atoms with E-state index in [1.807, 2.05) is 47.0 Å². The summed E-state index contributed by atoms with van der Waals surface area (Å²) >= 11 is 1.84. The van der Waals surface area contributed by atoms with Crippen LogP contribution in [0.2, 0.25) is 0 Å². The van der Waals surface area contributed by atoms with Gasteiger partial charge < -0.3 is 9.64 Å². The second kappa shape index (κ2) is 8.25. The van der Waals surface area contributed by atoms with Crippen molar-refractivity contribution in [2.24, 2.45) is 0 Å². The predicted octanol–water partition coefficient (Wildman–Crippen LogP) is 4.64. The molecule has 3 nitrogen and oxygen atoms in total. The number of carbonyl (C=O) groups is 1. The van der Waals surface area contributed by atoms with Crippen LogP contribution in [0.4, 0.5) is 0 Å². The van der Waals surface area contributed by atoms with Crippen molar-refractivity contribution >= 4 is 17.7 Å². The Labute approximate surface area is 148 Å². The summed E-state index contributed by atoms with van der Waals surface area (Å²) in [5.74, 6) is 2.13. The smallest absolute Gasteiger partial charge is 0.223 e. The molecule has 126 valence electrons. The predicted molar refractivity (Wildman–Crippen MR) is 99.0 cm³/mol. The minimum Gasteiger partial charge on any atom is -0.489 e. The van der Waals surface area contributed by atoms with Crippen LogP contribution in [0.25, 0.3) is 0 Å². The molecule has 0 spiro atoms. The maximum atomic E-state index is 12.2. The van der Waals surface area contributed by atoms with E-state index in [2.05, 4.69) is 31.2 Å². The van der Waals surface area contributed by atoms with Gasteiger partial charge in [0, 0.05) is 18.7 Å². The molecule has 1 fully saturated rings. The van der Waals surface area contributed by atoms with E-state index in [9.17, 15) is 4.79 Å². The number of ether oxygens (including phenoxy) is 1. The second-order valence-electron chi connectivity index (χ2n) is 5.90. The third-order valence-corrected chi connectivity index (χ3v) is 5.35. The number of rotatable bonds is 6. The van der Waals surface area contributed by atoms with E-state index in [1.165, 1.54) is 5.56 Å². The normalized spacial score (nSPS) is 17.0. The first kappa shape index (κ1) is 16.9. The molecule has 3 rings (SSSR count). The summed E-state index contributed by atoms with van der Waals surface area (Å²) in [7, 11) is 0. The molecule has 0 N–H and O–H groups in total. The van der Waals surface area contributed by atoms with Crippen molar-refractivity contribution in [3.8, 4) is 5.75 Å². The fourth-order valence-electron chi connectivity index (χ4n) is 2.83. The molecule has 1 saturated heterocycles. The third-order valence-electron chi connectivity index (χ3n) is 4.09. The van der Waals surface area contributed by atoms with Crippen LogP contribution in [0, 0.1) is 0 Å². The molecule has 1 aliphatic heterocycles. The van der Waals surface area contributed by atoms with E-state index in [0.29, 0.717) is 13.0 Å². The average molecular weight is 341 g/mol. The second-order valence-corrected chi connectivity index (χ2v) is 7.09. The molecule has 1 atom stereocenters. The molecule has 4 heteroatoms. The molecule has 0 aromatic heterocycles. The van der Waals surface area contributed by atoms with Crippen LogP contribution in [0.1, 0.15) is 36.3 Å². The number of carbonyl (C=O) groups excluding carboxylic acids is 1. The van der Waals surface area contributed by atoms with E-state index in [1.54, 1.807) is 0 Å². The monoisotopic (exact) mass is 341 g/mol. The lowest BCUT2D eigenvalue weighted by molar-refractivity contribution is -0.131. The fraction of sp³-hybridized carbons (Fsp3) is 0.350. The quantitative estimate of drug-likeness (QED) is 0.766. The van der Waals surface area contributed by atoms with Gasteiger partial charge in [0.05, 0.1) is 0 Å². The van der Waals surface area contributed by atoms with Gasteiger partial charge in [0.25, 0.3) is 0 Å². The molecule has 0 radical (unpaired) electrons. The number of hydrogen-bond acceptors (Lipinski definition) is 3. The van der Waals surface area contributed by atoms with Gasteiger partial charge in [0.1, 0.15) is 17.7 Å². The van der Waals surface area contributed by atoms with E-state index in [4.69, 9.17) is 4.74 Å². The lowest BCUT2D eigenvalue weighted by Gasteiger charge is -2.24. The van der Waals surface area contributed by atoms with Gasteiger partial charge in [0.2, 0.25) is 5.91 Å². The molecule has 0 aliphatic carbocycles. The highest BCUT2D eigenvalue weighted by Gasteiger charge is 2.29. The Balaban J connectivity index is 1.62. The highest BCUT2D eigenvalue weighted by atomic mass is 32.2. The zero-order valence-corrected chi connectivity index (χ0v) is 14.8. The zero-order chi connectivity index (χ0) is 16.8. The van der Waals surface area contributed by atoms with Crippen LogP contribution in [0.3, 0.4) is 0 Å². The van der Waals surface area contributed by atoms with Gasteiger partial charge in [-0.2, -0.15) is 0 Å². The van der Waals surface area contributed by atoms with E-state index < -0.39 is 0 Å². The molecule has 0 bridgehead atoms. The maximum absolute atomic E-state index is 12.2. The molecule has 24 heavy (non-hydrogen) atoms. The lowest BCUT2D eigenvalue weighted by Crippen LogP contribution is -2.29. The van der Waals surface area contributed by atoms with Crippen LogP contribution in [-0.2, 0) is 11.4 Å². The van der Waals surface area contributed by atoms with E-state index in [0.717, 1.165) is 30.0 Å². The Morgan fingerprint density at radius 1 is 1.17 bits per heavy atom. The molecule has 1 amide bonds. The summed E-state index contributed by atoms with van der Waals surface area (Å²) in [6, 6.07) is 18.3. The molecule has 1 heterocycles. The van der Waals surface area contributed by atoms with E-state index >= 15 is 0 Å². The van der Waals surface area contributed by atoms with Crippen molar-refractivity contribution < 1.29 is 9.53 Å². The molecule has 0 saturated carbocycles. The first-order chi connectivity index (χ1) is 11.8. The first-order valence-electron chi connectivity index (χ1n) is 8.45. The van der Waals surface area contributed by atoms with Gasteiger partial charge in [-0.15, -0.1) is 11.8 Å². The summed E-state index contributed by atoms with van der Waals surface area (Å²) in [5, 5.41) is 0.146. The van der Waals surface area contributed by atoms with Crippen molar-refractivity contribution in [1.29, 1.82) is 0 Å². The Morgan fingerprint density at radius 2 is 1.92 bits per heavy atom. The molecule has 1 aliphatic rings. The van der Waals surface area contributed by atoms with Crippen LogP contribution in [0.5, 0.6) is 5.75 Å². The van der Waals surface area contributed by atoms with Crippen molar-refractivity contribution in [2.75, 3.05) is 12.3 Å². The van der Waals surface area contributed by atoms with E-state index in [-0.39, 0.29) is 11.3 Å². The number of thioether (sulfide) groups is 1. The maximum Gasteiger partial charge on any atom is 0.223 e. The Bertz CT molecular complexity index is 657. The Hall–Kier alpha value is -1.94. The molecule has 2 aromatic rings. The summed E-state index contributed by atoms with van der Waals surface area (Å²) < 4.78 is 5.84. The number of benzene rings is 2. The van der Waals surface area contributed by atoms with Crippen molar-refractivity contribution in [2.45, 2.75) is 31.7 Å². The van der Waals surface area contributed by atoms with Crippen molar-refractivity contribution in [1.82, 2.24) is 4.90 Å². The van der Waals surface area contributed by atoms with Crippen molar-refractivity contribution in [3.63, 3.8) is 0 Å². The van der Waals surface area contributed by atoms with Gasteiger partial charge in [-0.1, -0.05) is 49.4 Å². The highest BCUT2D eigenvalue weighted by Crippen LogP contribution is 2.38. The summed E-state index contributed by atoms with van der Waals surface area (Å²) in [6.07, 6.45) is 1.54. The number of hydrogen-bond donors (Lipinski definition) is 0. The van der Waals surface area contributed by atoms with Crippen LogP contribution in [-0.4, -0.2) is 23.1 Å². The largest absolute Gasteiger partial charge is 0.489 e. The summed E-state index contributed by atoms with van der Waals surface area (Å²) in [6.45, 7) is 3.47. The minimum atomic E-state index is 0.146. The standard InChI is InChI=1S/C20H23NO2S/c1-2-6-19(22)21-13-14-24-20(21)17-9-11-18(12-10-17)23-15-16-7-4-3-5-8-16/h3-5,7-12,20H,2,6,13-15H2,1H3/t20-/m1/s1. The SMILES string of the molecule is CCCC(=O)N1CCS[C@@H]1c1ccc(OCc2ccccc2)cc1. The van der Waals surface area contributed by atoms with Gasteiger partial charge in [-0.25, -0.2) is 0 Å². The van der Waals surface area contributed by atoms with Crippen LogP contribution >= 0.6 is 11.8 Å². The Kier molecular flexibility index (Phi) is 5.81. The lowest BCUT2D eigenvalue weighted by atomic mass is 10.2. The summed E-state index contributed by atoms with van der Waals surface area (Å²) in [4.78, 5) is 14.3. The highest BCUT2D eigenvalue weighted by molar-refractivity contribution is 7.99. The van der Waals surface area contributed by atoms with Crippen LogP contribution < -0.4 is 4.74 Å². The first-order valence-corrected chi connectivity index (χ1v) is 9.50. The van der Waals surface area contributed by atoms with Gasteiger partial charge >= 0.3 is 0 Å². The average Bonchev–Trinajstić information content (AvgIpc) is 3.11. The number of nitrogens with zero attached hydrogens (tertiary/aromatic N) is 1. The molecule has 2 aromatic carbocycles. The fourth-order valence-corrected chi connectivity index (χ4v) is 4.11. The van der Waals surface area contributed by atoms with Crippen molar-refractivity contribution in [3.05, 3.63) is 65.7 Å². The third kappa shape index (κ3) is 4.12. The summed E-state index contributed by atoms with van der Waals surface area (Å²) in [5.41, 5.74) is 2.33. The Morgan fingerprint density at radius 3 is 2.62 bits per heavy atom. The minimum absolute atomic E-state index is 0.146. The molecular weight excluding hydrogens is 318 g/mol. The zero-order valence-electron chi connectivity index (χ0n) is 14.0. The van der Waals surface area contributed by atoms with Crippen LogP contribution in [0.15, 0.2) is 54.6 Å². The van der Waals surface area contributed by atoms with Gasteiger partial charge in [0.15, 0.2) is 0 Å². The number of amides is 1. The topological polar surface area (TPSA) is 29.5 Å².